The van der Waals surface area contributed by atoms with Crippen LogP contribution in [0.2, 0.25) is 0 Å². The first kappa shape index (κ1) is 17.4. The normalized spacial score (nSPS) is 17.9. The van der Waals surface area contributed by atoms with E-state index in [1.54, 1.807) is 18.5 Å². The molecule has 2 heterocycles. The summed E-state index contributed by atoms with van der Waals surface area (Å²) in [5.41, 5.74) is 0.912. The van der Waals surface area contributed by atoms with Crippen molar-refractivity contribution in [1.82, 2.24) is 20.0 Å². The van der Waals surface area contributed by atoms with Gasteiger partial charge in [0.2, 0.25) is 5.91 Å². The van der Waals surface area contributed by atoms with Crippen molar-refractivity contribution in [1.29, 1.82) is 0 Å². The molecule has 0 radical (unpaired) electrons. The van der Waals surface area contributed by atoms with Crippen molar-refractivity contribution in [2.45, 2.75) is 46.2 Å². The lowest BCUT2D eigenvalue weighted by Crippen LogP contribution is -2.45. The SMILES string of the molecule is Cc1nn(CC(C)C(=O)NC2CCN(C)CC2)c(C)c1[N+](=O)[O-]. The highest BCUT2D eigenvalue weighted by molar-refractivity contribution is 5.78. The van der Waals surface area contributed by atoms with Gasteiger partial charge in [-0.3, -0.25) is 19.6 Å². The molecule has 0 aliphatic carbocycles. The van der Waals surface area contributed by atoms with Crippen molar-refractivity contribution in [2.24, 2.45) is 5.92 Å². The van der Waals surface area contributed by atoms with Crippen LogP contribution in [0.15, 0.2) is 0 Å². The Balaban J connectivity index is 1.96. The van der Waals surface area contributed by atoms with Crippen LogP contribution in [0.4, 0.5) is 5.69 Å². The van der Waals surface area contributed by atoms with Gasteiger partial charge in [-0.25, -0.2) is 0 Å². The summed E-state index contributed by atoms with van der Waals surface area (Å²) in [6.45, 7) is 7.43. The number of carbonyl (C=O) groups is 1. The van der Waals surface area contributed by atoms with E-state index < -0.39 is 4.92 Å². The fourth-order valence-corrected chi connectivity index (χ4v) is 2.97. The minimum Gasteiger partial charge on any atom is -0.353 e. The van der Waals surface area contributed by atoms with E-state index in [9.17, 15) is 14.9 Å². The molecule has 8 nitrogen and oxygen atoms in total. The van der Waals surface area contributed by atoms with Gasteiger partial charge in [0.25, 0.3) is 0 Å². The Kier molecular flexibility index (Phi) is 5.35. The Labute approximate surface area is 136 Å². The van der Waals surface area contributed by atoms with E-state index in [0.29, 0.717) is 17.9 Å². The number of hydrogen-bond donors (Lipinski definition) is 1. The second-order valence-corrected chi connectivity index (χ2v) is 6.45. The molecule has 8 heteroatoms. The van der Waals surface area contributed by atoms with Gasteiger partial charge in [-0.05, 0) is 46.8 Å². The molecule has 0 saturated carbocycles. The molecule has 1 saturated heterocycles. The molecule has 1 atom stereocenters. The van der Waals surface area contributed by atoms with Crippen LogP contribution in [-0.4, -0.2) is 51.7 Å². The first-order valence-corrected chi connectivity index (χ1v) is 7.97. The van der Waals surface area contributed by atoms with Crippen LogP contribution >= 0.6 is 0 Å². The lowest BCUT2D eigenvalue weighted by molar-refractivity contribution is -0.386. The van der Waals surface area contributed by atoms with Crippen molar-refractivity contribution in [2.75, 3.05) is 20.1 Å². The van der Waals surface area contributed by atoms with Crippen molar-refractivity contribution in [3.63, 3.8) is 0 Å². The number of nitrogens with one attached hydrogen (secondary N) is 1. The van der Waals surface area contributed by atoms with Gasteiger partial charge in [0, 0.05) is 6.04 Å². The van der Waals surface area contributed by atoms with Crippen molar-refractivity contribution in [3.8, 4) is 0 Å². The van der Waals surface area contributed by atoms with Crippen LogP contribution in [0.5, 0.6) is 0 Å². The third kappa shape index (κ3) is 4.07. The zero-order valence-corrected chi connectivity index (χ0v) is 14.2. The molecule has 2 rings (SSSR count). The molecule has 1 aliphatic rings. The highest BCUT2D eigenvalue weighted by Crippen LogP contribution is 2.22. The van der Waals surface area contributed by atoms with Gasteiger partial charge in [0.15, 0.2) is 0 Å². The van der Waals surface area contributed by atoms with Gasteiger partial charge in [0.1, 0.15) is 11.4 Å². The number of nitro groups is 1. The van der Waals surface area contributed by atoms with E-state index in [1.165, 1.54) is 0 Å². The molecular weight excluding hydrogens is 298 g/mol. The summed E-state index contributed by atoms with van der Waals surface area (Å²) in [5, 5.41) is 18.3. The van der Waals surface area contributed by atoms with Crippen LogP contribution in [0.3, 0.4) is 0 Å². The number of hydrogen-bond acceptors (Lipinski definition) is 5. The van der Waals surface area contributed by atoms with Gasteiger partial charge in [0.05, 0.1) is 17.4 Å². The van der Waals surface area contributed by atoms with E-state index in [4.69, 9.17) is 0 Å². The maximum absolute atomic E-state index is 12.3. The second-order valence-electron chi connectivity index (χ2n) is 6.45. The fraction of sp³-hybridized carbons (Fsp3) is 0.733. The molecule has 23 heavy (non-hydrogen) atoms. The number of carbonyl (C=O) groups excluding carboxylic acids is 1. The van der Waals surface area contributed by atoms with Crippen LogP contribution in [-0.2, 0) is 11.3 Å². The highest BCUT2D eigenvalue weighted by atomic mass is 16.6. The molecule has 1 aliphatic heterocycles. The minimum atomic E-state index is -0.419. The third-order valence-corrected chi connectivity index (χ3v) is 4.49. The summed E-state index contributed by atoms with van der Waals surface area (Å²) in [4.78, 5) is 25.2. The number of aryl methyl sites for hydroxylation is 1. The average Bonchev–Trinajstić information content (AvgIpc) is 2.75. The van der Waals surface area contributed by atoms with Crippen LogP contribution < -0.4 is 5.32 Å². The van der Waals surface area contributed by atoms with Crippen molar-refractivity contribution < 1.29 is 9.72 Å². The lowest BCUT2D eigenvalue weighted by Gasteiger charge is -2.30. The quantitative estimate of drug-likeness (QED) is 0.650. The van der Waals surface area contributed by atoms with E-state index in [-0.39, 0.29) is 23.6 Å². The summed E-state index contributed by atoms with van der Waals surface area (Å²) in [7, 11) is 2.08. The monoisotopic (exact) mass is 323 g/mol. The predicted octanol–water partition coefficient (Wildman–Crippen LogP) is 1.25. The van der Waals surface area contributed by atoms with Crippen LogP contribution in [0.25, 0.3) is 0 Å². The molecule has 128 valence electrons. The fourth-order valence-electron chi connectivity index (χ4n) is 2.97. The summed E-state index contributed by atoms with van der Waals surface area (Å²) in [6.07, 6.45) is 1.92. The Morgan fingerprint density at radius 2 is 2.04 bits per heavy atom. The Morgan fingerprint density at radius 3 is 2.57 bits per heavy atom. The zero-order chi connectivity index (χ0) is 17.1. The Hall–Kier alpha value is -1.96. The van der Waals surface area contributed by atoms with Gasteiger partial charge in [-0.15, -0.1) is 0 Å². The summed E-state index contributed by atoms with van der Waals surface area (Å²) >= 11 is 0. The number of aromatic nitrogens is 2. The van der Waals surface area contributed by atoms with Crippen molar-refractivity contribution >= 4 is 11.6 Å². The average molecular weight is 323 g/mol. The molecular formula is C15H25N5O3. The predicted molar refractivity (Wildman–Crippen MR) is 86.2 cm³/mol. The number of piperidine rings is 1. The minimum absolute atomic E-state index is 0.0187. The Bertz CT molecular complexity index is 590. The molecule has 0 aromatic carbocycles. The summed E-state index contributed by atoms with van der Waals surface area (Å²) in [5.74, 6) is -0.304. The molecule has 0 bridgehead atoms. The second kappa shape index (κ2) is 7.08. The molecule has 1 unspecified atom stereocenters. The highest BCUT2D eigenvalue weighted by Gasteiger charge is 2.25. The number of amides is 1. The largest absolute Gasteiger partial charge is 0.353 e. The maximum Gasteiger partial charge on any atom is 0.312 e. The molecule has 1 fully saturated rings. The smallest absolute Gasteiger partial charge is 0.312 e. The van der Waals surface area contributed by atoms with Crippen molar-refractivity contribution in [3.05, 3.63) is 21.5 Å². The zero-order valence-electron chi connectivity index (χ0n) is 14.2. The van der Waals surface area contributed by atoms with Gasteiger partial charge < -0.3 is 10.2 Å². The topological polar surface area (TPSA) is 93.3 Å². The number of nitrogens with zero attached hydrogens (tertiary/aromatic N) is 4. The molecule has 1 amide bonds. The first-order valence-electron chi connectivity index (χ1n) is 7.97. The standard InChI is InChI=1S/C15H25N5O3/c1-10(15(21)16-13-5-7-18(4)8-6-13)9-19-12(3)14(20(22)23)11(2)17-19/h10,13H,5-9H2,1-4H3,(H,16,21). The molecule has 0 spiro atoms. The van der Waals surface area contributed by atoms with E-state index in [2.05, 4.69) is 22.4 Å². The molecule has 1 N–H and O–H groups in total. The number of rotatable bonds is 5. The maximum atomic E-state index is 12.3. The summed E-state index contributed by atoms with van der Waals surface area (Å²) in [6, 6.07) is 0.218. The van der Waals surface area contributed by atoms with E-state index in [0.717, 1.165) is 25.9 Å². The van der Waals surface area contributed by atoms with Gasteiger partial charge in [-0.1, -0.05) is 6.92 Å². The van der Waals surface area contributed by atoms with Gasteiger partial charge >= 0.3 is 5.69 Å². The van der Waals surface area contributed by atoms with E-state index in [1.807, 2.05) is 6.92 Å². The first-order chi connectivity index (χ1) is 10.8. The third-order valence-electron chi connectivity index (χ3n) is 4.49. The van der Waals surface area contributed by atoms with E-state index >= 15 is 0 Å². The van der Waals surface area contributed by atoms with Crippen LogP contribution in [0.1, 0.15) is 31.2 Å². The lowest BCUT2D eigenvalue weighted by atomic mass is 10.0. The van der Waals surface area contributed by atoms with Crippen LogP contribution in [0, 0.1) is 29.9 Å². The number of likely N-dealkylation sites (tertiary alicyclic amines) is 1. The Morgan fingerprint density at radius 1 is 1.43 bits per heavy atom. The molecule has 1 aromatic rings. The van der Waals surface area contributed by atoms with Gasteiger partial charge in [-0.2, -0.15) is 5.10 Å². The summed E-state index contributed by atoms with van der Waals surface area (Å²) < 4.78 is 1.56. The molecule has 1 aromatic heterocycles.